The van der Waals surface area contributed by atoms with Crippen molar-refractivity contribution in [3.63, 3.8) is 0 Å². The second-order valence-corrected chi connectivity index (χ2v) is 11.9. The van der Waals surface area contributed by atoms with E-state index in [1.807, 2.05) is 0 Å². The minimum absolute atomic E-state index is 0.00228. The van der Waals surface area contributed by atoms with Crippen LogP contribution >= 0.6 is 0 Å². The SMILES string of the molecule is Cc1c(C(F)(F)F)cnc(N2CCCC(F)(F)CC2)c1C(=O)Nc1cccc(S(C)(=O)=NC(=O)CN(C)C(=O)O)c1. The number of nitrogens with one attached hydrogen (secondary N) is 1. The normalized spacial score (nSPS) is 16.7. The van der Waals surface area contributed by atoms with Crippen molar-refractivity contribution in [1.82, 2.24) is 9.88 Å². The van der Waals surface area contributed by atoms with E-state index in [1.165, 1.54) is 29.2 Å². The number of likely N-dealkylation sites (N-methyl/N-ethyl adjacent to an activating group) is 1. The van der Waals surface area contributed by atoms with Gasteiger partial charge in [0.25, 0.3) is 11.8 Å². The monoisotopic (exact) mass is 605 g/mol. The Labute approximate surface area is 232 Å². The molecule has 41 heavy (non-hydrogen) atoms. The number of anilines is 2. The van der Waals surface area contributed by atoms with Gasteiger partial charge in [0.05, 0.1) is 20.9 Å². The third kappa shape index (κ3) is 7.89. The third-order valence-electron chi connectivity index (χ3n) is 6.37. The number of rotatable bonds is 6. The topological polar surface area (TPSA) is 132 Å². The highest BCUT2D eigenvalue weighted by atomic mass is 32.2. The Morgan fingerprint density at radius 1 is 1.22 bits per heavy atom. The summed E-state index contributed by atoms with van der Waals surface area (Å²) in [5, 5.41) is 11.3. The van der Waals surface area contributed by atoms with Crippen molar-refractivity contribution in [3.8, 4) is 0 Å². The van der Waals surface area contributed by atoms with E-state index >= 15 is 0 Å². The molecule has 1 aromatic carbocycles. The lowest BCUT2D eigenvalue weighted by Crippen LogP contribution is -2.30. The van der Waals surface area contributed by atoms with Crippen molar-refractivity contribution in [2.24, 2.45) is 4.36 Å². The smallest absolute Gasteiger partial charge is 0.418 e. The van der Waals surface area contributed by atoms with Gasteiger partial charge in [0, 0.05) is 56.0 Å². The van der Waals surface area contributed by atoms with Gasteiger partial charge in [-0.1, -0.05) is 6.07 Å². The highest BCUT2D eigenvalue weighted by Crippen LogP contribution is 2.37. The van der Waals surface area contributed by atoms with Gasteiger partial charge in [0.1, 0.15) is 12.4 Å². The molecule has 2 aromatic rings. The number of pyridine rings is 1. The maximum Gasteiger partial charge on any atom is 0.418 e. The summed E-state index contributed by atoms with van der Waals surface area (Å²) in [6.07, 6.45) is -5.48. The van der Waals surface area contributed by atoms with Gasteiger partial charge in [-0.15, -0.1) is 0 Å². The average molecular weight is 606 g/mol. The van der Waals surface area contributed by atoms with E-state index in [-0.39, 0.29) is 35.9 Å². The summed E-state index contributed by atoms with van der Waals surface area (Å²) in [5.74, 6) is -5.12. The molecule has 0 aliphatic carbocycles. The van der Waals surface area contributed by atoms with Gasteiger partial charge < -0.3 is 20.2 Å². The Morgan fingerprint density at radius 3 is 2.54 bits per heavy atom. The summed E-state index contributed by atoms with van der Waals surface area (Å²) >= 11 is 0. The first-order chi connectivity index (χ1) is 18.9. The maximum atomic E-state index is 14.0. The zero-order chi connectivity index (χ0) is 30.8. The van der Waals surface area contributed by atoms with Crippen molar-refractivity contribution >= 4 is 39.1 Å². The Balaban J connectivity index is 1.98. The van der Waals surface area contributed by atoms with Gasteiger partial charge in [-0.05, 0) is 37.1 Å². The van der Waals surface area contributed by atoms with E-state index in [0.29, 0.717) is 11.1 Å². The molecular weight excluding hydrogens is 577 g/mol. The minimum Gasteiger partial charge on any atom is -0.465 e. The highest BCUT2D eigenvalue weighted by Gasteiger charge is 2.38. The fourth-order valence-corrected chi connectivity index (χ4v) is 5.44. The number of nitrogens with zero attached hydrogens (tertiary/aromatic N) is 4. The molecular formula is C25H28F5N5O5S. The number of carbonyl (C=O) groups excluding carboxylic acids is 2. The quantitative estimate of drug-likeness (QED) is 0.449. The number of amides is 3. The van der Waals surface area contributed by atoms with Crippen LogP contribution in [0, 0.1) is 6.92 Å². The molecule has 3 amide bonds. The van der Waals surface area contributed by atoms with Crippen molar-refractivity contribution in [2.45, 2.75) is 43.2 Å². The van der Waals surface area contributed by atoms with Crippen LogP contribution in [0.4, 0.5) is 38.3 Å². The number of halogens is 5. The molecule has 1 aliphatic rings. The molecule has 1 aromatic heterocycles. The lowest BCUT2D eigenvalue weighted by atomic mass is 10.0. The molecule has 1 fully saturated rings. The van der Waals surface area contributed by atoms with Crippen LogP contribution in [0.5, 0.6) is 0 Å². The summed E-state index contributed by atoms with van der Waals surface area (Å²) < 4.78 is 85.7. The second kappa shape index (κ2) is 12.0. The van der Waals surface area contributed by atoms with Crippen LogP contribution in [0.15, 0.2) is 39.7 Å². The van der Waals surface area contributed by atoms with Gasteiger partial charge in [0.2, 0.25) is 5.92 Å². The van der Waals surface area contributed by atoms with Crippen LogP contribution in [-0.4, -0.2) is 76.0 Å². The first-order valence-corrected chi connectivity index (χ1v) is 14.1. The fourth-order valence-electron chi connectivity index (χ4n) is 4.21. The van der Waals surface area contributed by atoms with Crippen molar-refractivity contribution in [1.29, 1.82) is 0 Å². The molecule has 0 saturated carbocycles. The van der Waals surface area contributed by atoms with Gasteiger partial charge in [-0.3, -0.25) is 9.59 Å². The number of carbonyl (C=O) groups is 3. The Bertz CT molecular complexity index is 1470. The average Bonchev–Trinajstić information content (AvgIpc) is 3.02. The number of aromatic nitrogens is 1. The molecule has 16 heteroatoms. The van der Waals surface area contributed by atoms with Crippen LogP contribution in [0.2, 0.25) is 0 Å². The lowest BCUT2D eigenvalue weighted by molar-refractivity contribution is -0.138. The molecule has 1 atom stereocenters. The van der Waals surface area contributed by atoms with Crippen LogP contribution in [-0.2, 0) is 20.7 Å². The van der Waals surface area contributed by atoms with Crippen molar-refractivity contribution in [2.75, 3.05) is 43.2 Å². The van der Waals surface area contributed by atoms with E-state index in [1.54, 1.807) is 0 Å². The number of alkyl halides is 5. The maximum absolute atomic E-state index is 14.0. The molecule has 3 rings (SSSR count). The molecule has 1 unspecified atom stereocenters. The zero-order valence-electron chi connectivity index (χ0n) is 22.3. The summed E-state index contributed by atoms with van der Waals surface area (Å²) in [6, 6.07) is 5.28. The van der Waals surface area contributed by atoms with Gasteiger partial charge in [0.15, 0.2) is 0 Å². The molecule has 0 radical (unpaired) electrons. The Hall–Kier alpha value is -3.82. The van der Waals surface area contributed by atoms with Crippen molar-refractivity contribution < 1.29 is 45.7 Å². The van der Waals surface area contributed by atoms with E-state index < -0.39 is 75.8 Å². The van der Waals surface area contributed by atoms with Gasteiger partial charge >= 0.3 is 12.3 Å². The van der Waals surface area contributed by atoms with Crippen LogP contribution in [0.25, 0.3) is 0 Å². The summed E-state index contributed by atoms with van der Waals surface area (Å²) in [5.41, 5.74) is -2.07. The van der Waals surface area contributed by atoms with E-state index in [4.69, 9.17) is 5.11 Å². The van der Waals surface area contributed by atoms with Crippen molar-refractivity contribution in [3.05, 3.63) is 47.2 Å². The van der Waals surface area contributed by atoms with Crippen LogP contribution < -0.4 is 10.2 Å². The molecule has 0 bridgehead atoms. The standard InChI is InChI=1S/C25H28F5N5O5S/c1-15-18(25(28,29)30)13-31-21(35-10-5-8-24(26,27)9-11-35)20(15)22(37)32-16-6-4-7-17(12-16)41(3,40)33-19(36)14-34(2)23(38)39/h4,6-7,12-13H,5,8-11,14H2,1-3H3,(H,32,37)(H,38,39). The second-order valence-electron chi connectivity index (χ2n) is 9.60. The zero-order valence-corrected chi connectivity index (χ0v) is 23.1. The molecule has 1 saturated heterocycles. The number of hydrogen-bond acceptors (Lipinski definition) is 6. The van der Waals surface area contributed by atoms with E-state index in [0.717, 1.165) is 20.2 Å². The fraction of sp³-hybridized carbons (Fsp3) is 0.440. The first kappa shape index (κ1) is 31.7. The summed E-state index contributed by atoms with van der Waals surface area (Å²) in [4.78, 5) is 42.3. The largest absolute Gasteiger partial charge is 0.465 e. The van der Waals surface area contributed by atoms with E-state index in [9.17, 15) is 40.5 Å². The number of carboxylic acid groups (broad SMARTS) is 1. The Morgan fingerprint density at radius 2 is 1.90 bits per heavy atom. The predicted octanol–water partition coefficient (Wildman–Crippen LogP) is 4.88. The van der Waals surface area contributed by atoms with Gasteiger partial charge in [-0.2, -0.15) is 17.5 Å². The minimum atomic E-state index is -4.84. The van der Waals surface area contributed by atoms with Gasteiger partial charge in [-0.25, -0.2) is 22.8 Å². The van der Waals surface area contributed by atoms with E-state index in [2.05, 4.69) is 14.7 Å². The summed E-state index contributed by atoms with van der Waals surface area (Å²) in [7, 11) is -2.29. The number of benzene rings is 1. The first-order valence-electron chi connectivity index (χ1n) is 12.2. The molecule has 224 valence electrons. The molecule has 0 spiro atoms. The summed E-state index contributed by atoms with van der Waals surface area (Å²) in [6.45, 7) is 0.256. The molecule has 2 heterocycles. The lowest BCUT2D eigenvalue weighted by Gasteiger charge is -2.26. The van der Waals surface area contributed by atoms with Crippen LogP contribution in [0.1, 0.15) is 40.7 Å². The predicted molar refractivity (Wildman–Crippen MR) is 140 cm³/mol. The number of hydrogen-bond donors (Lipinski definition) is 2. The molecule has 1 aliphatic heterocycles. The Kier molecular flexibility index (Phi) is 9.25. The van der Waals surface area contributed by atoms with Crippen LogP contribution in [0.3, 0.4) is 0 Å². The third-order valence-corrected chi connectivity index (χ3v) is 8.05. The molecule has 2 N–H and O–H groups in total. The highest BCUT2D eigenvalue weighted by molar-refractivity contribution is 7.93. The molecule has 10 nitrogen and oxygen atoms in total.